The Hall–Kier alpha value is -3.70. The summed E-state index contributed by atoms with van der Waals surface area (Å²) >= 11 is 0. The molecule has 0 fully saturated rings. The van der Waals surface area contributed by atoms with Gasteiger partial charge >= 0.3 is 24.2 Å². The Morgan fingerprint density at radius 1 is 0.941 bits per heavy atom. The molecule has 0 heterocycles. The van der Waals surface area contributed by atoms with E-state index in [1.807, 2.05) is 36.4 Å². The highest BCUT2D eigenvalue weighted by Crippen LogP contribution is 2.44. The molecular formula is C22H19F5N2O5. The lowest BCUT2D eigenvalue weighted by molar-refractivity contribution is -0.163. The van der Waals surface area contributed by atoms with Crippen molar-refractivity contribution in [3.05, 3.63) is 59.7 Å². The minimum atomic E-state index is -5.01. The van der Waals surface area contributed by atoms with Crippen molar-refractivity contribution in [2.75, 3.05) is 13.2 Å². The SMILES string of the molecule is O=C(NCC(F)(F)C(=O)NC(CC(F)(F)F)C(=O)O)OCC1c2ccccc2-c2ccccc21. The molecule has 12 heteroatoms. The molecule has 0 aliphatic heterocycles. The van der Waals surface area contributed by atoms with Gasteiger partial charge in [0.1, 0.15) is 12.6 Å². The molecule has 0 saturated heterocycles. The number of halogens is 5. The monoisotopic (exact) mass is 486 g/mol. The number of carboxylic acids is 1. The van der Waals surface area contributed by atoms with Crippen molar-refractivity contribution in [1.29, 1.82) is 0 Å². The van der Waals surface area contributed by atoms with Crippen molar-refractivity contribution in [3.8, 4) is 11.1 Å². The van der Waals surface area contributed by atoms with Crippen LogP contribution < -0.4 is 10.6 Å². The second kappa shape index (κ2) is 9.65. The molecule has 0 spiro atoms. The number of ether oxygens (including phenoxy) is 1. The number of aliphatic carboxylic acids is 1. The van der Waals surface area contributed by atoms with Gasteiger partial charge in [-0.1, -0.05) is 48.5 Å². The number of carbonyl (C=O) groups excluding carboxylic acids is 2. The largest absolute Gasteiger partial charge is 0.480 e. The fourth-order valence-corrected chi connectivity index (χ4v) is 3.61. The summed E-state index contributed by atoms with van der Waals surface area (Å²) < 4.78 is 70.2. The number of amides is 2. The number of nitrogens with one attached hydrogen (secondary N) is 2. The van der Waals surface area contributed by atoms with E-state index < -0.39 is 49.1 Å². The van der Waals surface area contributed by atoms with Crippen molar-refractivity contribution in [2.45, 2.75) is 30.5 Å². The summed E-state index contributed by atoms with van der Waals surface area (Å²) in [5.41, 5.74) is 3.65. The van der Waals surface area contributed by atoms with Crippen LogP contribution in [0.1, 0.15) is 23.5 Å². The Morgan fingerprint density at radius 2 is 1.47 bits per heavy atom. The number of rotatable bonds is 8. The Kier molecular flexibility index (Phi) is 7.08. The molecule has 0 aromatic heterocycles. The maximum Gasteiger partial charge on any atom is 0.407 e. The average Bonchev–Trinajstić information content (AvgIpc) is 3.08. The van der Waals surface area contributed by atoms with Crippen LogP contribution in [0.4, 0.5) is 26.7 Å². The number of hydrogen-bond donors (Lipinski definition) is 3. The number of hydrogen-bond acceptors (Lipinski definition) is 4. The van der Waals surface area contributed by atoms with Crippen LogP contribution in [0, 0.1) is 0 Å². The lowest BCUT2D eigenvalue weighted by atomic mass is 9.98. The number of fused-ring (bicyclic) bond motifs is 3. The molecule has 34 heavy (non-hydrogen) atoms. The van der Waals surface area contributed by atoms with Crippen LogP contribution in [0.5, 0.6) is 0 Å². The second-order valence-corrected chi connectivity index (χ2v) is 7.57. The van der Waals surface area contributed by atoms with Crippen molar-refractivity contribution < 1.29 is 46.2 Å². The number of benzene rings is 2. The number of carboxylic acid groups (broad SMARTS) is 1. The highest BCUT2D eigenvalue weighted by Gasteiger charge is 2.44. The van der Waals surface area contributed by atoms with Crippen LogP contribution in [0.3, 0.4) is 0 Å². The molecule has 7 nitrogen and oxygen atoms in total. The van der Waals surface area contributed by atoms with Gasteiger partial charge in [0.05, 0.1) is 13.0 Å². The van der Waals surface area contributed by atoms with E-state index in [0.29, 0.717) is 0 Å². The first-order chi connectivity index (χ1) is 15.9. The van der Waals surface area contributed by atoms with Crippen LogP contribution in [-0.2, 0) is 14.3 Å². The first-order valence-corrected chi connectivity index (χ1v) is 9.96. The highest BCUT2D eigenvalue weighted by atomic mass is 19.4. The minimum Gasteiger partial charge on any atom is -0.480 e. The zero-order valence-corrected chi connectivity index (χ0v) is 17.4. The summed E-state index contributed by atoms with van der Waals surface area (Å²) in [7, 11) is 0. The third kappa shape index (κ3) is 5.80. The minimum absolute atomic E-state index is 0.190. The van der Waals surface area contributed by atoms with Crippen LogP contribution in [-0.4, -0.2) is 54.4 Å². The van der Waals surface area contributed by atoms with Crippen LogP contribution in [0.15, 0.2) is 48.5 Å². The standard InChI is InChI=1S/C22H19F5N2O5/c23-21(24,19(32)29-17(18(30)31)9-22(25,26)27)11-28-20(33)34-10-16-14-7-3-1-5-12(14)13-6-2-4-8-15(13)16/h1-8,16-17H,9-11H2,(H,28,33)(H,29,32)(H,30,31). The molecule has 2 aromatic rings. The molecule has 0 bridgehead atoms. The highest BCUT2D eigenvalue weighted by molar-refractivity contribution is 5.88. The normalized spacial score (nSPS) is 14.0. The average molecular weight is 486 g/mol. The fourth-order valence-electron chi connectivity index (χ4n) is 3.61. The summed E-state index contributed by atoms with van der Waals surface area (Å²) in [6.07, 6.45) is -8.32. The van der Waals surface area contributed by atoms with Gasteiger partial charge in [-0.2, -0.15) is 22.0 Å². The topological polar surface area (TPSA) is 105 Å². The smallest absolute Gasteiger partial charge is 0.407 e. The molecule has 2 aromatic carbocycles. The van der Waals surface area contributed by atoms with Gasteiger partial charge in [-0.25, -0.2) is 9.59 Å². The van der Waals surface area contributed by atoms with E-state index in [1.54, 1.807) is 17.4 Å². The Bertz CT molecular complexity index is 1040. The van der Waals surface area contributed by atoms with Crippen LogP contribution >= 0.6 is 0 Å². The predicted molar refractivity (Wildman–Crippen MR) is 108 cm³/mol. The molecular weight excluding hydrogens is 467 g/mol. The lowest BCUT2D eigenvalue weighted by Crippen LogP contribution is -2.53. The molecule has 3 N–H and O–H groups in total. The summed E-state index contributed by atoms with van der Waals surface area (Å²) in [6, 6.07) is 12.2. The van der Waals surface area contributed by atoms with E-state index in [-0.39, 0.29) is 12.5 Å². The molecule has 182 valence electrons. The van der Waals surface area contributed by atoms with Crippen molar-refractivity contribution in [1.82, 2.24) is 10.6 Å². The Morgan fingerprint density at radius 3 is 1.97 bits per heavy atom. The summed E-state index contributed by atoms with van der Waals surface area (Å²) in [5.74, 6) is -9.14. The fraction of sp³-hybridized carbons (Fsp3) is 0.318. The van der Waals surface area contributed by atoms with Gasteiger partial charge in [0, 0.05) is 5.92 Å². The van der Waals surface area contributed by atoms with Crippen molar-refractivity contribution in [2.24, 2.45) is 0 Å². The molecule has 1 aliphatic carbocycles. The van der Waals surface area contributed by atoms with Crippen LogP contribution in [0.25, 0.3) is 11.1 Å². The molecule has 0 saturated carbocycles. The first kappa shape index (κ1) is 24.9. The molecule has 1 atom stereocenters. The lowest BCUT2D eigenvalue weighted by Gasteiger charge is -2.21. The summed E-state index contributed by atoms with van der Waals surface area (Å²) in [5, 5.41) is 11.6. The van der Waals surface area contributed by atoms with E-state index in [2.05, 4.69) is 0 Å². The number of alkyl carbamates (subject to hydrolysis) is 1. The quantitative estimate of drug-likeness (QED) is 0.494. The van der Waals surface area contributed by atoms with Gasteiger partial charge in [-0.3, -0.25) is 4.79 Å². The van der Waals surface area contributed by atoms with Crippen molar-refractivity contribution >= 4 is 18.0 Å². The van der Waals surface area contributed by atoms with Crippen molar-refractivity contribution in [3.63, 3.8) is 0 Å². The van der Waals surface area contributed by atoms with Gasteiger partial charge in [-0.15, -0.1) is 0 Å². The maximum absolute atomic E-state index is 14.0. The summed E-state index contributed by atoms with van der Waals surface area (Å²) in [4.78, 5) is 34.4. The Labute approximate surface area is 189 Å². The summed E-state index contributed by atoms with van der Waals surface area (Å²) in [6.45, 7) is -1.79. The molecule has 1 unspecified atom stereocenters. The number of carbonyl (C=O) groups is 3. The van der Waals surface area contributed by atoms with Gasteiger partial charge in [0.2, 0.25) is 0 Å². The molecule has 1 aliphatic rings. The predicted octanol–water partition coefficient (Wildman–Crippen LogP) is 3.68. The second-order valence-electron chi connectivity index (χ2n) is 7.57. The van der Waals surface area contributed by atoms with Gasteiger partial charge in [-0.05, 0) is 22.3 Å². The zero-order valence-electron chi connectivity index (χ0n) is 17.4. The molecule has 2 amide bonds. The molecule has 3 rings (SSSR count). The van der Waals surface area contributed by atoms with Gasteiger partial charge in [0.25, 0.3) is 5.91 Å². The zero-order chi connectivity index (χ0) is 25.1. The maximum atomic E-state index is 14.0. The van der Waals surface area contributed by atoms with E-state index >= 15 is 0 Å². The van der Waals surface area contributed by atoms with Gasteiger partial charge in [0.15, 0.2) is 0 Å². The Balaban J connectivity index is 1.56. The first-order valence-electron chi connectivity index (χ1n) is 9.96. The van der Waals surface area contributed by atoms with E-state index in [1.165, 1.54) is 0 Å². The van der Waals surface area contributed by atoms with E-state index in [0.717, 1.165) is 27.6 Å². The van der Waals surface area contributed by atoms with E-state index in [4.69, 9.17) is 9.84 Å². The van der Waals surface area contributed by atoms with Crippen LogP contribution in [0.2, 0.25) is 0 Å². The molecule has 0 radical (unpaired) electrons. The van der Waals surface area contributed by atoms with Gasteiger partial charge < -0.3 is 20.5 Å². The van der Waals surface area contributed by atoms with E-state index in [9.17, 15) is 36.3 Å². The third-order valence-corrected chi connectivity index (χ3v) is 5.17. The number of alkyl halides is 5. The third-order valence-electron chi connectivity index (χ3n) is 5.17.